The summed E-state index contributed by atoms with van der Waals surface area (Å²) in [4.78, 5) is 50.9. The minimum atomic E-state index is -0.811. The number of nitrogens with one attached hydrogen (secondary N) is 4. The number of halogens is 1. The van der Waals surface area contributed by atoms with Crippen molar-refractivity contribution in [2.24, 2.45) is 5.73 Å². The predicted molar refractivity (Wildman–Crippen MR) is 175 cm³/mol. The van der Waals surface area contributed by atoms with Crippen molar-refractivity contribution in [1.29, 1.82) is 0 Å². The monoisotopic (exact) mass is 699 g/mol. The van der Waals surface area contributed by atoms with Crippen LogP contribution in [-0.2, 0) is 25.5 Å². The average molecular weight is 700 g/mol. The fourth-order valence-electron chi connectivity index (χ4n) is 4.37. The summed E-state index contributed by atoms with van der Waals surface area (Å²) in [5.74, 6) is -1.18. The molecule has 0 aliphatic heterocycles. The lowest BCUT2D eigenvalue weighted by atomic mass is 10.0. The summed E-state index contributed by atoms with van der Waals surface area (Å²) >= 11 is 2.18. The maximum atomic E-state index is 13.4. The summed E-state index contributed by atoms with van der Waals surface area (Å²) < 4.78 is 5.86. The second kappa shape index (κ2) is 17.2. The number of hydrogen-bond acceptors (Lipinski definition) is 6. The van der Waals surface area contributed by atoms with Crippen LogP contribution in [0.4, 0.5) is 16.2 Å². The summed E-state index contributed by atoms with van der Waals surface area (Å²) in [6.45, 7) is 2.38. The van der Waals surface area contributed by atoms with Crippen molar-refractivity contribution in [1.82, 2.24) is 10.6 Å². The van der Waals surface area contributed by atoms with E-state index in [1.807, 2.05) is 55.5 Å². The third kappa shape index (κ3) is 11.3. The second-order valence-corrected chi connectivity index (χ2v) is 11.3. The van der Waals surface area contributed by atoms with E-state index < -0.39 is 24.0 Å². The van der Waals surface area contributed by atoms with Gasteiger partial charge in [0.1, 0.15) is 6.04 Å². The Balaban J connectivity index is 1.62. The van der Waals surface area contributed by atoms with Crippen molar-refractivity contribution in [3.63, 3.8) is 0 Å². The SMILES string of the molecule is COC(=O)C[C@H](NC(=O)[C@H](CCCCN)NC(=O)Cc1ccc(NC(=O)Nc2ccccc2C)cc1)c1ccc(I)cc1. The number of nitrogens with two attached hydrogens (primary N) is 1. The third-order valence-corrected chi connectivity index (χ3v) is 7.47. The second-order valence-electron chi connectivity index (χ2n) is 10.1. The molecule has 0 aliphatic rings. The molecule has 2 atom stereocenters. The minimum Gasteiger partial charge on any atom is -0.469 e. The van der Waals surface area contributed by atoms with Crippen LogP contribution in [0.5, 0.6) is 0 Å². The summed E-state index contributed by atoms with van der Waals surface area (Å²) in [7, 11) is 1.30. The van der Waals surface area contributed by atoms with Crippen molar-refractivity contribution in [3.8, 4) is 0 Å². The number of methoxy groups -OCH3 is 1. The summed E-state index contributed by atoms with van der Waals surface area (Å²) in [5.41, 5.74) is 9.36. The number of para-hydroxylation sites is 1. The predicted octanol–water partition coefficient (Wildman–Crippen LogP) is 4.82. The number of benzene rings is 3. The summed E-state index contributed by atoms with van der Waals surface area (Å²) in [6.07, 6.45) is 1.74. The van der Waals surface area contributed by atoms with Crippen LogP contribution in [0.15, 0.2) is 72.8 Å². The molecule has 11 heteroatoms. The molecule has 43 heavy (non-hydrogen) atoms. The lowest BCUT2D eigenvalue weighted by Crippen LogP contribution is -2.48. The molecule has 228 valence electrons. The first-order chi connectivity index (χ1) is 20.7. The molecule has 3 aromatic rings. The van der Waals surface area contributed by atoms with Crippen LogP contribution in [0.1, 0.15) is 48.4 Å². The van der Waals surface area contributed by atoms with Crippen LogP contribution in [0.3, 0.4) is 0 Å². The van der Waals surface area contributed by atoms with Gasteiger partial charge in [-0.05, 0) is 102 Å². The largest absolute Gasteiger partial charge is 0.469 e. The summed E-state index contributed by atoms with van der Waals surface area (Å²) in [5, 5.41) is 11.4. The van der Waals surface area contributed by atoms with Crippen LogP contribution in [-0.4, -0.2) is 43.5 Å². The number of anilines is 2. The van der Waals surface area contributed by atoms with Gasteiger partial charge in [-0.2, -0.15) is 0 Å². The average Bonchev–Trinajstić information content (AvgIpc) is 2.99. The number of esters is 1. The van der Waals surface area contributed by atoms with Gasteiger partial charge in [0.2, 0.25) is 11.8 Å². The van der Waals surface area contributed by atoms with Crippen molar-refractivity contribution < 1.29 is 23.9 Å². The van der Waals surface area contributed by atoms with E-state index in [9.17, 15) is 19.2 Å². The van der Waals surface area contributed by atoms with Gasteiger partial charge in [-0.3, -0.25) is 14.4 Å². The highest BCUT2D eigenvalue weighted by atomic mass is 127. The van der Waals surface area contributed by atoms with Crippen LogP contribution < -0.4 is 27.0 Å². The number of amides is 4. The Hall–Kier alpha value is -3.97. The first-order valence-corrected chi connectivity index (χ1v) is 15.1. The number of rotatable bonds is 14. The molecular formula is C32H38IN5O5. The molecule has 4 amide bonds. The molecule has 0 bridgehead atoms. The standard InChI is InChI=1S/C32H38IN5O5/c1-21-7-3-4-8-26(21)38-32(42)35-25-16-10-22(11-17-25)19-29(39)36-27(9-5-6-18-34)31(41)37-28(20-30(40)43-2)23-12-14-24(33)15-13-23/h3-4,7-8,10-17,27-28H,5-6,9,18-20,34H2,1-2H3,(H,36,39)(H,37,41)(H2,35,38,42)/t27-,28-/m0/s1. The highest BCUT2D eigenvalue weighted by Crippen LogP contribution is 2.20. The lowest BCUT2D eigenvalue weighted by molar-refractivity contribution is -0.141. The first kappa shape index (κ1) is 33.5. The van der Waals surface area contributed by atoms with Crippen molar-refractivity contribution in [2.45, 2.75) is 51.1 Å². The molecule has 0 fully saturated rings. The maximum Gasteiger partial charge on any atom is 0.323 e. The van der Waals surface area contributed by atoms with Gasteiger partial charge in [-0.15, -0.1) is 0 Å². The summed E-state index contributed by atoms with van der Waals surface area (Å²) in [6, 6.07) is 20.1. The van der Waals surface area contributed by atoms with E-state index in [4.69, 9.17) is 10.5 Å². The van der Waals surface area contributed by atoms with Crippen LogP contribution in [0.2, 0.25) is 0 Å². The third-order valence-electron chi connectivity index (χ3n) is 6.76. The zero-order valence-electron chi connectivity index (χ0n) is 24.3. The molecule has 0 unspecified atom stereocenters. The number of aryl methyl sites for hydroxylation is 1. The molecule has 10 nitrogen and oxygen atoms in total. The molecule has 3 aromatic carbocycles. The van der Waals surface area contributed by atoms with Gasteiger partial charge in [-0.25, -0.2) is 4.79 Å². The number of hydrogen-bond donors (Lipinski definition) is 5. The lowest BCUT2D eigenvalue weighted by Gasteiger charge is -2.23. The van der Waals surface area contributed by atoms with Gasteiger partial charge in [0, 0.05) is 14.9 Å². The van der Waals surface area contributed by atoms with Crippen molar-refractivity contribution >= 4 is 57.8 Å². The Morgan fingerprint density at radius 1 is 0.884 bits per heavy atom. The normalized spacial score (nSPS) is 12.0. The molecule has 6 N–H and O–H groups in total. The minimum absolute atomic E-state index is 0.0407. The molecule has 0 aliphatic carbocycles. The highest BCUT2D eigenvalue weighted by Gasteiger charge is 2.25. The number of unbranched alkanes of at least 4 members (excludes halogenated alkanes) is 1. The molecule has 0 saturated heterocycles. The quantitative estimate of drug-likeness (QED) is 0.0925. The van der Waals surface area contributed by atoms with Gasteiger partial charge in [0.25, 0.3) is 0 Å². The van der Waals surface area contributed by atoms with E-state index in [1.54, 1.807) is 24.3 Å². The van der Waals surface area contributed by atoms with Crippen LogP contribution >= 0.6 is 22.6 Å². The fraction of sp³-hybridized carbons (Fsp3) is 0.312. The Morgan fingerprint density at radius 3 is 2.23 bits per heavy atom. The van der Waals surface area contributed by atoms with Gasteiger partial charge in [0.15, 0.2) is 0 Å². The van der Waals surface area contributed by atoms with E-state index in [2.05, 4.69) is 43.9 Å². The van der Waals surface area contributed by atoms with Gasteiger partial charge in [0.05, 0.1) is 26.0 Å². The Bertz CT molecular complexity index is 1380. The Labute approximate surface area is 265 Å². The number of carbonyl (C=O) groups is 4. The molecule has 0 spiro atoms. The fourth-order valence-corrected chi connectivity index (χ4v) is 4.73. The maximum absolute atomic E-state index is 13.4. The molecular weight excluding hydrogens is 661 g/mol. The van der Waals surface area contributed by atoms with E-state index in [1.165, 1.54) is 7.11 Å². The molecule has 3 rings (SSSR count). The Kier molecular flexibility index (Phi) is 13.4. The van der Waals surface area contributed by atoms with Crippen LogP contribution in [0.25, 0.3) is 0 Å². The number of ether oxygens (including phenoxy) is 1. The van der Waals surface area contributed by atoms with E-state index in [-0.39, 0.29) is 24.8 Å². The van der Waals surface area contributed by atoms with Gasteiger partial charge >= 0.3 is 12.0 Å². The van der Waals surface area contributed by atoms with Gasteiger partial charge in [-0.1, -0.05) is 42.5 Å². The Morgan fingerprint density at radius 2 is 1.58 bits per heavy atom. The van der Waals surface area contributed by atoms with Crippen molar-refractivity contribution in [2.75, 3.05) is 24.3 Å². The van der Waals surface area contributed by atoms with Gasteiger partial charge < -0.3 is 31.7 Å². The van der Waals surface area contributed by atoms with E-state index >= 15 is 0 Å². The van der Waals surface area contributed by atoms with E-state index in [0.717, 1.165) is 14.7 Å². The molecule has 0 heterocycles. The van der Waals surface area contributed by atoms with Crippen LogP contribution in [0, 0.1) is 10.5 Å². The first-order valence-electron chi connectivity index (χ1n) is 14.0. The van der Waals surface area contributed by atoms with Crippen molar-refractivity contribution in [3.05, 3.63) is 93.1 Å². The number of urea groups is 1. The smallest absolute Gasteiger partial charge is 0.323 e. The zero-order valence-corrected chi connectivity index (χ0v) is 26.5. The topological polar surface area (TPSA) is 152 Å². The molecule has 0 saturated carbocycles. The molecule has 0 radical (unpaired) electrons. The molecule has 0 aromatic heterocycles. The van der Waals surface area contributed by atoms with E-state index in [0.29, 0.717) is 42.7 Å². The zero-order chi connectivity index (χ0) is 31.2. The number of carbonyl (C=O) groups excluding carboxylic acids is 4. The highest BCUT2D eigenvalue weighted by molar-refractivity contribution is 14.1.